The van der Waals surface area contributed by atoms with Gasteiger partial charge in [0, 0.05) is 5.88 Å². The van der Waals surface area contributed by atoms with Crippen LogP contribution in [0.15, 0.2) is 29.4 Å². The zero-order valence-corrected chi connectivity index (χ0v) is 9.41. The van der Waals surface area contributed by atoms with E-state index in [4.69, 9.17) is 26.6 Å². The minimum Gasteiger partial charge on any atom is -0.467 e. The molecule has 0 unspecified atom stereocenters. The van der Waals surface area contributed by atoms with Gasteiger partial charge in [-0.3, -0.25) is 0 Å². The van der Waals surface area contributed by atoms with Crippen LogP contribution >= 0.6 is 11.6 Å². The van der Waals surface area contributed by atoms with Gasteiger partial charge in [0.2, 0.25) is 0 Å². The van der Waals surface area contributed by atoms with Crippen molar-refractivity contribution >= 4 is 23.2 Å². The van der Waals surface area contributed by atoms with Crippen molar-refractivity contribution < 1.29 is 15.0 Å². The van der Waals surface area contributed by atoms with Crippen LogP contribution in [0.2, 0.25) is 0 Å². The second-order valence-corrected chi connectivity index (χ2v) is 3.55. The van der Waals surface area contributed by atoms with Gasteiger partial charge in [-0.1, -0.05) is 18.2 Å². The third-order valence-corrected chi connectivity index (χ3v) is 2.53. The van der Waals surface area contributed by atoms with Crippen molar-refractivity contribution in [1.82, 2.24) is 0 Å². The lowest BCUT2D eigenvalue weighted by Crippen LogP contribution is -2.47. The maximum absolute atomic E-state index is 5.97. The number of nitrogens with two attached hydrogens (primary N) is 1. The Labute approximate surface area is 98.3 Å². The van der Waals surface area contributed by atoms with E-state index < -0.39 is 0 Å². The molecule has 16 heavy (non-hydrogen) atoms. The van der Waals surface area contributed by atoms with E-state index in [1.807, 2.05) is 24.3 Å². The SMILES string of the molecule is [NH2+]=C(C1=NOCCO1)c1ccccc1CCl. The first-order chi connectivity index (χ1) is 7.83. The fraction of sp³-hybridized carbons (Fsp3) is 0.273. The van der Waals surface area contributed by atoms with Crippen molar-refractivity contribution in [2.24, 2.45) is 5.16 Å². The molecule has 0 radical (unpaired) electrons. The largest absolute Gasteiger partial charge is 0.467 e. The lowest BCUT2D eigenvalue weighted by atomic mass is 10.0. The molecule has 1 aliphatic rings. The van der Waals surface area contributed by atoms with Crippen molar-refractivity contribution in [3.63, 3.8) is 0 Å². The van der Waals surface area contributed by atoms with Crippen molar-refractivity contribution in [2.45, 2.75) is 5.88 Å². The van der Waals surface area contributed by atoms with Crippen molar-refractivity contribution in [3.8, 4) is 0 Å². The van der Waals surface area contributed by atoms with Gasteiger partial charge in [-0.2, -0.15) is 0 Å². The lowest BCUT2D eigenvalue weighted by molar-refractivity contribution is -0.111. The van der Waals surface area contributed by atoms with Crippen LogP contribution in [0.1, 0.15) is 11.1 Å². The summed E-state index contributed by atoms with van der Waals surface area (Å²) in [5.74, 6) is 0.717. The molecule has 0 bridgehead atoms. The molecule has 1 heterocycles. The van der Waals surface area contributed by atoms with E-state index in [1.54, 1.807) is 0 Å². The summed E-state index contributed by atoms with van der Waals surface area (Å²) in [4.78, 5) is 4.93. The Hall–Kier alpha value is -1.55. The Balaban J connectivity index is 2.29. The average molecular weight is 240 g/mol. The van der Waals surface area contributed by atoms with Gasteiger partial charge in [0.25, 0.3) is 5.71 Å². The molecule has 0 amide bonds. The van der Waals surface area contributed by atoms with E-state index in [1.165, 1.54) is 0 Å². The second kappa shape index (κ2) is 4.99. The van der Waals surface area contributed by atoms with Crippen LogP contribution in [0.25, 0.3) is 0 Å². The van der Waals surface area contributed by atoms with Crippen LogP contribution in [0, 0.1) is 0 Å². The zero-order chi connectivity index (χ0) is 11.4. The van der Waals surface area contributed by atoms with Crippen molar-refractivity contribution in [2.75, 3.05) is 13.2 Å². The summed E-state index contributed by atoms with van der Waals surface area (Å²) in [5, 5.41) is 9.74. The number of hydrogen-bond donors (Lipinski definition) is 1. The van der Waals surface area contributed by atoms with Crippen LogP contribution in [-0.4, -0.2) is 24.8 Å². The third-order valence-electron chi connectivity index (χ3n) is 2.24. The molecule has 0 atom stereocenters. The molecule has 84 valence electrons. The standard InChI is InChI=1S/C11H11ClN2O2/c12-7-8-3-1-2-4-9(8)10(13)11-14-16-6-5-15-11/h1-4,13H,5-7H2/p+1. The maximum atomic E-state index is 5.97. The van der Waals surface area contributed by atoms with E-state index in [2.05, 4.69) is 5.16 Å². The minimum absolute atomic E-state index is 0.323. The Morgan fingerprint density at radius 3 is 2.88 bits per heavy atom. The molecule has 4 nitrogen and oxygen atoms in total. The van der Waals surface area contributed by atoms with Gasteiger partial charge in [0.1, 0.15) is 6.61 Å². The van der Waals surface area contributed by atoms with Gasteiger partial charge >= 0.3 is 5.90 Å². The molecule has 1 aliphatic heterocycles. The molecule has 0 aliphatic carbocycles. The van der Waals surface area contributed by atoms with Crippen LogP contribution < -0.4 is 5.41 Å². The quantitative estimate of drug-likeness (QED) is 0.611. The first kappa shape index (κ1) is 11.0. The smallest absolute Gasteiger partial charge is 0.323 e. The number of ether oxygens (including phenoxy) is 1. The summed E-state index contributed by atoms with van der Waals surface area (Å²) in [6.45, 7) is 0.913. The fourth-order valence-electron chi connectivity index (χ4n) is 1.45. The van der Waals surface area contributed by atoms with Crippen molar-refractivity contribution in [1.29, 1.82) is 0 Å². The lowest BCUT2D eigenvalue weighted by Gasteiger charge is -2.12. The summed E-state index contributed by atoms with van der Waals surface area (Å²) < 4.78 is 5.31. The number of rotatable bonds is 3. The Bertz CT molecular complexity index is 432. The molecule has 5 heteroatoms. The van der Waals surface area contributed by atoms with Gasteiger partial charge in [-0.15, -0.1) is 11.6 Å². The molecule has 0 aromatic heterocycles. The van der Waals surface area contributed by atoms with Crippen LogP contribution in [0.3, 0.4) is 0 Å². The normalized spacial score (nSPS) is 14.7. The Morgan fingerprint density at radius 1 is 1.38 bits per heavy atom. The first-order valence-corrected chi connectivity index (χ1v) is 5.46. The highest BCUT2D eigenvalue weighted by atomic mass is 35.5. The average Bonchev–Trinajstić information content (AvgIpc) is 2.39. The van der Waals surface area contributed by atoms with Gasteiger partial charge in [-0.05, 0) is 16.8 Å². The highest BCUT2D eigenvalue weighted by molar-refractivity contribution is 6.43. The van der Waals surface area contributed by atoms with Gasteiger partial charge in [0.15, 0.2) is 6.61 Å². The van der Waals surface area contributed by atoms with E-state index >= 15 is 0 Å². The third kappa shape index (κ3) is 2.17. The van der Waals surface area contributed by atoms with Crippen molar-refractivity contribution in [3.05, 3.63) is 35.4 Å². The molecular weight excluding hydrogens is 228 g/mol. The molecular formula is C11H12ClN2O2+. The molecule has 0 saturated heterocycles. The summed E-state index contributed by atoms with van der Waals surface area (Å²) in [7, 11) is 0. The van der Waals surface area contributed by atoms with Gasteiger partial charge < -0.3 is 9.57 Å². The van der Waals surface area contributed by atoms with E-state index in [0.29, 0.717) is 30.7 Å². The topological polar surface area (TPSA) is 56.4 Å². The maximum Gasteiger partial charge on any atom is 0.323 e. The summed E-state index contributed by atoms with van der Waals surface area (Å²) in [6, 6.07) is 7.60. The first-order valence-electron chi connectivity index (χ1n) is 4.92. The van der Waals surface area contributed by atoms with Gasteiger partial charge in [-0.25, -0.2) is 5.41 Å². The van der Waals surface area contributed by atoms with E-state index in [-0.39, 0.29) is 0 Å². The predicted octanol–water partition coefficient (Wildman–Crippen LogP) is 0.334. The molecule has 0 saturated carbocycles. The Kier molecular flexibility index (Phi) is 3.41. The number of benzene rings is 1. The highest BCUT2D eigenvalue weighted by Crippen LogP contribution is 2.12. The highest BCUT2D eigenvalue weighted by Gasteiger charge is 2.22. The second-order valence-electron chi connectivity index (χ2n) is 3.28. The van der Waals surface area contributed by atoms with E-state index in [9.17, 15) is 0 Å². The summed E-state index contributed by atoms with van der Waals surface area (Å²) >= 11 is 5.83. The number of halogens is 1. The minimum atomic E-state index is 0.323. The van der Waals surface area contributed by atoms with Crippen LogP contribution in [0.5, 0.6) is 0 Å². The van der Waals surface area contributed by atoms with Crippen LogP contribution in [0.4, 0.5) is 0 Å². The number of nitrogens with zero attached hydrogens (tertiary/aromatic N) is 1. The Morgan fingerprint density at radius 2 is 2.19 bits per heavy atom. The predicted molar refractivity (Wildman–Crippen MR) is 61.4 cm³/mol. The number of alkyl halides is 1. The van der Waals surface area contributed by atoms with Crippen LogP contribution in [-0.2, 0) is 15.5 Å². The number of hydrogen-bond acceptors (Lipinski definition) is 3. The zero-order valence-electron chi connectivity index (χ0n) is 8.65. The van der Waals surface area contributed by atoms with Gasteiger partial charge in [0.05, 0.1) is 5.56 Å². The fourth-order valence-corrected chi connectivity index (χ4v) is 1.68. The number of oxime groups is 1. The molecule has 2 rings (SSSR count). The molecule has 2 N–H and O–H groups in total. The summed E-state index contributed by atoms with van der Waals surface area (Å²) in [5.41, 5.74) is 2.23. The summed E-state index contributed by atoms with van der Waals surface area (Å²) in [6.07, 6.45) is 0. The monoisotopic (exact) mass is 239 g/mol. The molecule has 0 fully saturated rings. The molecule has 0 spiro atoms. The van der Waals surface area contributed by atoms with E-state index in [0.717, 1.165) is 11.1 Å². The molecule has 1 aromatic rings. The molecule has 1 aromatic carbocycles.